The zero-order chi connectivity index (χ0) is 36.5. The number of piperidine rings is 1. The number of nitrogens with zero attached hydrogens (tertiary/aromatic N) is 2. The van der Waals surface area contributed by atoms with Crippen LogP contribution >= 0.6 is 56.3 Å². The van der Waals surface area contributed by atoms with Gasteiger partial charge in [0.05, 0.1) is 0 Å². The van der Waals surface area contributed by atoms with Crippen LogP contribution in [0, 0.1) is 0 Å². The van der Waals surface area contributed by atoms with E-state index in [1.807, 2.05) is 82.5 Å². The molecular formula is C39H49Br2N3O4S2. The van der Waals surface area contributed by atoms with Crippen LogP contribution in [0.15, 0.2) is 91.5 Å². The van der Waals surface area contributed by atoms with Gasteiger partial charge in [0.25, 0.3) is 0 Å². The van der Waals surface area contributed by atoms with E-state index in [4.69, 9.17) is 9.47 Å². The lowest BCUT2D eigenvalue weighted by Gasteiger charge is -2.33. The van der Waals surface area contributed by atoms with E-state index in [-0.39, 0.29) is 17.8 Å². The first-order valence-electron chi connectivity index (χ1n) is 17.0. The van der Waals surface area contributed by atoms with Crippen molar-refractivity contribution >= 4 is 90.0 Å². The van der Waals surface area contributed by atoms with Crippen molar-refractivity contribution in [3.05, 3.63) is 81.7 Å². The van der Waals surface area contributed by atoms with E-state index in [1.165, 1.54) is 26.4 Å². The number of hydrogen-bond donors (Lipinski definition) is 2. The van der Waals surface area contributed by atoms with E-state index in [1.54, 1.807) is 4.90 Å². The fraction of sp³-hybridized carbons (Fsp3) is 0.436. The monoisotopic (exact) mass is 845 g/mol. The normalized spacial score (nSPS) is 15.5. The molecule has 0 aliphatic carbocycles. The summed E-state index contributed by atoms with van der Waals surface area (Å²) in [6.45, 7) is 16.1. The van der Waals surface area contributed by atoms with Crippen molar-refractivity contribution in [2.45, 2.75) is 80.6 Å². The minimum atomic E-state index is -0.432. The van der Waals surface area contributed by atoms with Gasteiger partial charge < -0.3 is 24.6 Å². The predicted octanol–water partition coefficient (Wildman–Crippen LogP) is 10.8. The second-order valence-electron chi connectivity index (χ2n) is 14.2. The average molecular weight is 848 g/mol. The van der Waals surface area contributed by atoms with Crippen LogP contribution in [0.25, 0.3) is 21.5 Å². The summed E-state index contributed by atoms with van der Waals surface area (Å²) in [4.78, 5) is 29.6. The molecule has 2 fully saturated rings. The fourth-order valence-electron chi connectivity index (χ4n) is 5.42. The summed E-state index contributed by atoms with van der Waals surface area (Å²) >= 11 is 13.4. The van der Waals surface area contributed by atoms with E-state index in [0.717, 1.165) is 66.0 Å². The SMILES string of the molecule is CC(C)(C)OC(=O)N1CCC(Sc2ccc(Br)c3ccccc23)CC1.CC(C)(C)OC(=O)N1CCNCC1.Sc1ccc(Br)c2ccccc12. The van der Waals surface area contributed by atoms with Gasteiger partial charge in [0.1, 0.15) is 11.2 Å². The topological polar surface area (TPSA) is 71.1 Å². The van der Waals surface area contributed by atoms with Gasteiger partial charge in [-0.2, -0.15) is 0 Å². The third-order valence-corrected chi connectivity index (χ3v) is 11.0. The Bertz CT molecular complexity index is 1700. The maximum Gasteiger partial charge on any atom is 0.410 e. The molecule has 4 aromatic carbocycles. The fourth-order valence-corrected chi connectivity index (χ4v) is 7.90. The van der Waals surface area contributed by atoms with E-state index in [9.17, 15) is 9.59 Å². The van der Waals surface area contributed by atoms with Crippen molar-refractivity contribution in [2.24, 2.45) is 0 Å². The molecule has 0 saturated carbocycles. The van der Waals surface area contributed by atoms with E-state index in [2.05, 4.69) is 98.3 Å². The standard InChI is InChI=1S/C20H24BrNO2S.C10H7BrS.C9H18N2O2/c1-20(2,3)24-19(23)22-12-10-14(11-13-22)25-18-9-8-17(21)15-6-4-5-7-16(15)18;11-9-5-6-10(12)8-4-2-1-3-7(8)9;1-9(2,3)13-8(12)11-6-4-10-5-7-11/h4-9,14H,10-13H2,1-3H3;1-6,12H;10H,4-7H2,1-3H3. The maximum atomic E-state index is 12.2. The van der Waals surface area contributed by atoms with Crippen LogP contribution in [0.2, 0.25) is 0 Å². The van der Waals surface area contributed by atoms with Gasteiger partial charge >= 0.3 is 12.2 Å². The molecule has 2 heterocycles. The number of fused-ring (bicyclic) bond motifs is 2. The number of halogens is 2. The Morgan fingerprint density at radius 1 is 0.680 bits per heavy atom. The third kappa shape index (κ3) is 12.4. The lowest BCUT2D eigenvalue weighted by atomic mass is 10.1. The van der Waals surface area contributed by atoms with Gasteiger partial charge in [-0.05, 0) is 100 Å². The number of carbonyl (C=O) groups is 2. The van der Waals surface area contributed by atoms with Gasteiger partial charge in [0, 0.05) is 63.3 Å². The first-order chi connectivity index (χ1) is 23.6. The number of benzene rings is 4. The number of amides is 2. The van der Waals surface area contributed by atoms with Crippen molar-refractivity contribution in [1.82, 2.24) is 15.1 Å². The summed E-state index contributed by atoms with van der Waals surface area (Å²) in [7, 11) is 0. The van der Waals surface area contributed by atoms with Crippen LogP contribution in [0.4, 0.5) is 9.59 Å². The first-order valence-corrected chi connectivity index (χ1v) is 19.9. The second-order valence-corrected chi connectivity index (χ2v) is 17.7. The molecule has 1 N–H and O–H groups in total. The molecule has 4 aromatic rings. The van der Waals surface area contributed by atoms with E-state index < -0.39 is 5.60 Å². The Hall–Kier alpha value is -2.44. The maximum absolute atomic E-state index is 12.2. The average Bonchev–Trinajstić information content (AvgIpc) is 3.08. The van der Waals surface area contributed by atoms with E-state index in [0.29, 0.717) is 5.25 Å². The van der Waals surface area contributed by atoms with Crippen molar-refractivity contribution in [1.29, 1.82) is 0 Å². The highest BCUT2D eigenvalue weighted by molar-refractivity contribution is 9.11. The summed E-state index contributed by atoms with van der Waals surface area (Å²) < 4.78 is 13.0. The number of piperazine rings is 1. The Labute approximate surface area is 323 Å². The number of thioether (sulfide) groups is 1. The summed E-state index contributed by atoms with van der Waals surface area (Å²) in [6.07, 6.45) is 1.60. The molecule has 270 valence electrons. The van der Waals surface area contributed by atoms with E-state index >= 15 is 0 Å². The van der Waals surface area contributed by atoms with Crippen LogP contribution in [-0.4, -0.2) is 77.7 Å². The van der Waals surface area contributed by atoms with Gasteiger partial charge in [0.15, 0.2) is 0 Å². The summed E-state index contributed by atoms with van der Waals surface area (Å²) in [5, 5.41) is 8.65. The van der Waals surface area contributed by atoms with Gasteiger partial charge in [0.2, 0.25) is 0 Å². The van der Waals surface area contributed by atoms with Crippen LogP contribution in [0.5, 0.6) is 0 Å². The molecule has 2 amide bonds. The minimum absolute atomic E-state index is 0.190. The van der Waals surface area contributed by atoms with Crippen molar-refractivity contribution < 1.29 is 19.1 Å². The quantitative estimate of drug-likeness (QED) is 0.196. The molecule has 11 heteroatoms. The van der Waals surface area contributed by atoms with Gasteiger partial charge in [-0.3, -0.25) is 0 Å². The van der Waals surface area contributed by atoms with Crippen LogP contribution in [0.3, 0.4) is 0 Å². The lowest BCUT2D eigenvalue weighted by Crippen LogP contribution is -2.48. The van der Waals surface area contributed by atoms with Crippen molar-refractivity contribution in [2.75, 3.05) is 39.3 Å². The molecule has 0 spiro atoms. The van der Waals surface area contributed by atoms with Crippen molar-refractivity contribution in [3.63, 3.8) is 0 Å². The number of likely N-dealkylation sites (tertiary alicyclic amines) is 1. The Morgan fingerprint density at radius 2 is 1.12 bits per heavy atom. The molecule has 50 heavy (non-hydrogen) atoms. The zero-order valence-electron chi connectivity index (χ0n) is 29.8. The van der Waals surface area contributed by atoms with Crippen LogP contribution in [0.1, 0.15) is 54.4 Å². The number of ether oxygens (including phenoxy) is 2. The molecule has 2 aliphatic heterocycles. The molecule has 2 saturated heterocycles. The number of thiol groups is 1. The molecule has 0 unspecified atom stereocenters. The molecule has 0 atom stereocenters. The highest BCUT2D eigenvalue weighted by atomic mass is 79.9. The smallest absolute Gasteiger partial charge is 0.410 e. The predicted molar refractivity (Wildman–Crippen MR) is 218 cm³/mol. The number of nitrogens with one attached hydrogen (secondary N) is 1. The van der Waals surface area contributed by atoms with Crippen LogP contribution < -0.4 is 5.32 Å². The molecule has 0 bridgehead atoms. The Kier molecular flexibility index (Phi) is 14.8. The molecule has 6 rings (SSSR count). The van der Waals surface area contributed by atoms with Gasteiger partial charge in [-0.15, -0.1) is 24.4 Å². The number of carbonyl (C=O) groups excluding carboxylic acids is 2. The summed E-state index contributed by atoms with van der Waals surface area (Å²) in [6, 6.07) is 25.0. The lowest BCUT2D eigenvalue weighted by molar-refractivity contribution is 0.0212. The largest absolute Gasteiger partial charge is 0.444 e. The molecule has 0 aromatic heterocycles. The highest BCUT2D eigenvalue weighted by Gasteiger charge is 2.27. The summed E-state index contributed by atoms with van der Waals surface area (Å²) in [5.74, 6) is 0. The molecule has 0 radical (unpaired) electrons. The first kappa shape index (κ1) is 40.3. The van der Waals surface area contributed by atoms with Crippen molar-refractivity contribution in [3.8, 4) is 0 Å². The number of rotatable bonds is 2. The third-order valence-electron chi connectivity index (χ3n) is 7.83. The molecule has 7 nitrogen and oxygen atoms in total. The zero-order valence-corrected chi connectivity index (χ0v) is 34.7. The highest BCUT2D eigenvalue weighted by Crippen LogP contribution is 2.37. The summed E-state index contributed by atoms with van der Waals surface area (Å²) in [5.41, 5.74) is -0.818. The number of hydrogen-bond acceptors (Lipinski definition) is 7. The van der Waals surface area contributed by atoms with Gasteiger partial charge in [-0.1, -0.05) is 80.4 Å². The second kappa shape index (κ2) is 18.4. The van der Waals surface area contributed by atoms with Gasteiger partial charge in [-0.25, -0.2) is 9.59 Å². The Balaban J connectivity index is 0.000000188. The Morgan fingerprint density at radius 3 is 1.62 bits per heavy atom. The molecular weight excluding hydrogens is 798 g/mol. The van der Waals surface area contributed by atoms with Crippen LogP contribution in [-0.2, 0) is 9.47 Å². The minimum Gasteiger partial charge on any atom is -0.444 e. The molecule has 2 aliphatic rings.